The SMILES string of the molecule is CC1CCCCN1CCCc1c(C(=O)O)ccc(Cl)c1Cl. The molecule has 1 N–H and O–H groups in total. The summed E-state index contributed by atoms with van der Waals surface area (Å²) in [6.07, 6.45) is 5.34. The maximum Gasteiger partial charge on any atom is 0.336 e. The normalized spacial score (nSPS) is 19.7. The molecule has 0 saturated carbocycles. The summed E-state index contributed by atoms with van der Waals surface area (Å²) < 4.78 is 0. The number of carboxylic acid groups (broad SMARTS) is 1. The van der Waals surface area contributed by atoms with Gasteiger partial charge in [0.25, 0.3) is 0 Å². The number of halogens is 2. The molecule has 0 aliphatic carbocycles. The maximum atomic E-state index is 11.3. The molecule has 1 aromatic carbocycles. The van der Waals surface area contributed by atoms with Gasteiger partial charge in [-0.2, -0.15) is 0 Å². The van der Waals surface area contributed by atoms with Crippen LogP contribution in [0.15, 0.2) is 12.1 Å². The van der Waals surface area contributed by atoms with Gasteiger partial charge in [-0.15, -0.1) is 0 Å². The number of carboxylic acids is 1. The highest BCUT2D eigenvalue weighted by Crippen LogP contribution is 2.30. The van der Waals surface area contributed by atoms with Gasteiger partial charge in [-0.25, -0.2) is 4.79 Å². The van der Waals surface area contributed by atoms with Crippen LogP contribution >= 0.6 is 23.2 Å². The number of hydrogen-bond acceptors (Lipinski definition) is 2. The minimum atomic E-state index is -0.949. The van der Waals surface area contributed by atoms with Gasteiger partial charge in [0.15, 0.2) is 0 Å². The lowest BCUT2D eigenvalue weighted by Crippen LogP contribution is -2.38. The van der Waals surface area contributed by atoms with Crippen molar-refractivity contribution in [1.29, 1.82) is 0 Å². The lowest BCUT2D eigenvalue weighted by Gasteiger charge is -2.33. The summed E-state index contributed by atoms with van der Waals surface area (Å²) in [7, 11) is 0. The van der Waals surface area contributed by atoms with Gasteiger partial charge in [0, 0.05) is 6.04 Å². The average Bonchev–Trinajstić information content (AvgIpc) is 2.45. The van der Waals surface area contributed by atoms with Crippen LogP contribution in [-0.2, 0) is 6.42 Å². The van der Waals surface area contributed by atoms with Gasteiger partial charge in [0.2, 0.25) is 0 Å². The molecule has 0 spiro atoms. The molecule has 5 heteroatoms. The predicted molar refractivity (Wildman–Crippen MR) is 86.6 cm³/mol. The lowest BCUT2D eigenvalue weighted by molar-refractivity contribution is 0.0695. The third-order valence-electron chi connectivity index (χ3n) is 4.24. The van der Waals surface area contributed by atoms with Gasteiger partial charge in [-0.05, 0) is 63.4 Å². The highest BCUT2D eigenvalue weighted by molar-refractivity contribution is 6.42. The number of aromatic carboxylic acids is 1. The van der Waals surface area contributed by atoms with Crippen LogP contribution in [0.5, 0.6) is 0 Å². The third-order valence-corrected chi connectivity index (χ3v) is 5.08. The van der Waals surface area contributed by atoms with E-state index in [2.05, 4.69) is 11.8 Å². The van der Waals surface area contributed by atoms with E-state index in [0.29, 0.717) is 28.1 Å². The van der Waals surface area contributed by atoms with E-state index in [9.17, 15) is 9.90 Å². The second kappa shape index (κ2) is 7.48. The topological polar surface area (TPSA) is 40.5 Å². The molecule has 0 bridgehead atoms. The van der Waals surface area contributed by atoms with Crippen molar-refractivity contribution in [3.05, 3.63) is 33.3 Å². The molecule has 1 atom stereocenters. The first-order chi connectivity index (χ1) is 10.0. The van der Waals surface area contributed by atoms with Crippen LogP contribution in [-0.4, -0.2) is 35.1 Å². The highest BCUT2D eigenvalue weighted by Gasteiger charge is 2.19. The molecular formula is C16H21Cl2NO2. The Morgan fingerprint density at radius 1 is 1.38 bits per heavy atom. The van der Waals surface area contributed by atoms with E-state index in [1.165, 1.54) is 25.3 Å². The highest BCUT2D eigenvalue weighted by atomic mass is 35.5. The molecule has 2 rings (SSSR count). The molecule has 116 valence electrons. The van der Waals surface area contributed by atoms with Crippen molar-refractivity contribution in [3.63, 3.8) is 0 Å². The zero-order chi connectivity index (χ0) is 15.4. The van der Waals surface area contributed by atoms with Crippen molar-refractivity contribution in [2.24, 2.45) is 0 Å². The smallest absolute Gasteiger partial charge is 0.336 e. The Balaban J connectivity index is 2.02. The monoisotopic (exact) mass is 329 g/mol. The van der Waals surface area contributed by atoms with Crippen LogP contribution in [0.4, 0.5) is 0 Å². The van der Waals surface area contributed by atoms with Gasteiger partial charge in [0.05, 0.1) is 15.6 Å². The molecule has 1 aliphatic heterocycles. The zero-order valence-corrected chi connectivity index (χ0v) is 13.8. The fraction of sp³-hybridized carbons (Fsp3) is 0.562. The van der Waals surface area contributed by atoms with Gasteiger partial charge in [0.1, 0.15) is 0 Å². The van der Waals surface area contributed by atoms with E-state index in [1.54, 1.807) is 6.07 Å². The average molecular weight is 330 g/mol. The van der Waals surface area contributed by atoms with Crippen LogP contribution in [0.3, 0.4) is 0 Å². The molecule has 1 saturated heterocycles. The Kier molecular flexibility index (Phi) is 5.91. The van der Waals surface area contributed by atoms with Crippen LogP contribution in [0, 0.1) is 0 Å². The van der Waals surface area contributed by atoms with Crippen LogP contribution < -0.4 is 0 Å². The van der Waals surface area contributed by atoms with Gasteiger partial charge >= 0.3 is 5.97 Å². The van der Waals surface area contributed by atoms with Crippen molar-refractivity contribution in [2.75, 3.05) is 13.1 Å². The number of rotatable bonds is 5. The van der Waals surface area contributed by atoms with Crippen molar-refractivity contribution in [3.8, 4) is 0 Å². The molecule has 1 aromatic rings. The number of hydrogen-bond donors (Lipinski definition) is 1. The summed E-state index contributed by atoms with van der Waals surface area (Å²) in [4.78, 5) is 13.8. The Labute approximate surface area is 135 Å². The molecule has 0 amide bonds. The van der Waals surface area contributed by atoms with E-state index in [0.717, 1.165) is 19.5 Å². The maximum absolute atomic E-state index is 11.3. The molecule has 1 unspecified atom stereocenters. The van der Waals surface area contributed by atoms with Crippen molar-refractivity contribution < 1.29 is 9.90 Å². The minimum absolute atomic E-state index is 0.260. The first kappa shape index (κ1) is 16.6. The summed E-state index contributed by atoms with van der Waals surface area (Å²) >= 11 is 12.2. The zero-order valence-electron chi connectivity index (χ0n) is 12.2. The van der Waals surface area contributed by atoms with Crippen LogP contribution in [0.1, 0.15) is 48.5 Å². The summed E-state index contributed by atoms with van der Waals surface area (Å²) in [6, 6.07) is 3.70. The Hall–Kier alpha value is -0.770. The first-order valence-electron chi connectivity index (χ1n) is 7.45. The first-order valence-corrected chi connectivity index (χ1v) is 8.20. The number of carbonyl (C=O) groups is 1. The summed E-state index contributed by atoms with van der Waals surface area (Å²) in [5, 5.41) is 10.1. The number of piperidine rings is 1. The van der Waals surface area contributed by atoms with Crippen molar-refractivity contribution >= 4 is 29.2 Å². The molecule has 1 heterocycles. The standard InChI is InChI=1S/C16H21Cl2NO2/c1-11-5-2-3-9-19(11)10-4-6-12-13(16(20)21)7-8-14(17)15(12)18/h7-8,11H,2-6,9-10H2,1H3,(H,20,21). The molecule has 1 aliphatic rings. The van der Waals surface area contributed by atoms with E-state index in [4.69, 9.17) is 23.2 Å². The Morgan fingerprint density at radius 3 is 2.81 bits per heavy atom. The largest absolute Gasteiger partial charge is 0.478 e. The van der Waals surface area contributed by atoms with E-state index >= 15 is 0 Å². The van der Waals surface area contributed by atoms with Crippen molar-refractivity contribution in [1.82, 2.24) is 4.90 Å². The van der Waals surface area contributed by atoms with Crippen LogP contribution in [0.25, 0.3) is 0 Å². The second-order valence-electron chi connectivity index (χ2n) is 5.68. The van der Waals surface area contributed by atoms with E-state index < -0.39 is 5.97 Å². The summed E-state index contributed by atoms with van der Waals surface area (Å²) in [6.45, 7) is 4.37. The lowest BCUT2D eigenvalue weighted by atomic mass is 10.0. The Bertz CT molecular complexity index is 519. The number of likely N-dealkylation sites (tertiary alicyclic amines) is 1. The van der Waals surface area contributed by atoms with E-state index in [-0.39, 0.29) is 5.56 Å². The Morgan fingerprint density at radius 2 is 2.14 bits per heavy atom. The fourth-order valence-electron chi connectivity index (χ4n) is 2.99. The quantitative estimate of drug-likeness (QED) is 0.864. The molecule has 0 radical (unpaired) electrons. The summed E-state index contributed by atoms with van der Waals surface area (Å²) in [5.41, 5.74) is 0.914. The molecule has 3 nitrogen and oxygen atoms in total. The van der Waals surface area contributed by atoms with Crippen LogP contribution in [0.2, 0.25) is 10.0 Å². The van der Waals surface area contributed by atoms with E-state index in [1.807, 2.05) is 0 Å². The molecular weight excluding hydrogens is 309 g/mol. The molecule has 21 heavy (non-hydrogen) atoms. The third kappa shape index (κ3) is 4.12. The number of benzene rings is 1. The molecule has 1 fully saturated rings. The van der Waals surface area contributed by atoms with Crippen molar-refractivity contribution in [2.45, 2.75) is 45.1 Å². The second-order valence-corrected chi connectivity index (χ2v) is 6.46. The summed E-state index contributed by atoms with van der Waals surface area (Å²) in [5.74, 6) is -0.949. The van der Waals surface area contributed by atoms with Gasteiger partial charge in [-0.3, -0.25) is 0 Å². The predicted octanol–water partition coefficient (Wildman–Crippen LogP) is 4.50. The fourth-order valence-corrected chi connectivity index (χ4v) is 3.42. The number of nitrogens with zero attached hydrogens (tertiary/aromatic N) is 1. The van der Waals surface area contributed by atoms with Gasteiger partial charge in [-0.1, -0.05) is 29.6 Å². The molecule has 0 aromatic heterocycles. The van der Waals surface area contributed by atoms with Gasteiger partial charge < -0.3 is 10.0 Å². The minimum Gasteiger partial charge on any atom is -0.478 e.